The van der Waals surface area contributed by atoms with Gasteiger partial charge in [-0.15, -0.1) is 0 Å². The number of hydrogen-bond donors (Lipinski definition) is 2. The normalized spacial score (nSPS) is 17.4. The largest absolute Gasteiger partial charge is 0.508 e. The molecular formula is C10H10O4. The smallest absolute Gasteiger partial charge is 0.348 e. The zero-order chi connectivity index (χ0) is 10.2. The van der Waals surface area contributed by atoms with Crippen molar-refractivity contribution in [2.24, 2.45) is 0 Å². The van der Waals surface area contributed by atoms with Crippen LogP contribution < -0.4 is 4.74 Å². The molecule has 1 aromatic carbocycles. The van der Waals surface area contributed by atoms with Crippen LogP contribution in [0.4, 0.5) is 0 Å². The van der Waals surface area contributed by atoms with Gasteiger partial charge in [0.15, 0.2) is 0 Å². The van der Waals surface area contributed by atoms with E-state index in [2.05, 4.69) is 0 Å². The van der Waals surface area contributed by atoms with Crippen LogP contribution >= 0.6 is 0 Å². The minimum Gasteiger partial charge on any atom is -0.508 e. The highest BCUT2D eigenvalue weighted by molar-refractivity contribution is 5.81. The lowest BCUT2D eigenvalue weighted by molar-refractivity contribution is -0.147. The molecule has 1 aliphatic rings. The number of hydrogen-bond acceptors (Lipinski definition) is 3. The standard InChI is InChI=1S/C10H10O4/c11-7-1-3-8(4-2-7)14-10(5-6-10)9(12)13/h1-4,11H,5-6H2,(H,12,13). The van der Waals surface area contributed by atoms with E-state index in [-0.39, 0.29) is 5.75 Å². The first-order valence-corrected chi connectivity index (χ1v) is 4.34. The Bertz CT molecular complexity index is 351. The van der Waals surface area contributed by atoms with Gasteiger partial charge in [0.25, 0.3) is 0 Å². The van der Waals surface area contributed by atoms with Crippen molar-refractivity contribution in [3.05, 3.63) is 24.3 Å². The van der Waals surface area contributed by atoms with E-state index in [0.29, 0.717) is 18.6 Å². The third-order valence-electron chi connectivity index (χ3n) is 2.24. The fourth-order valence-corrected chi connectivity index (χ4v) is 1.21. The van der Waals surface area contributed by atoms with Gasteiger partial charge in [-0.25, -0.2) is 4.79 Å². The molecule has 1 fully saturated rings. The second kappa shape index (κ2) is 2.90. The van der Waals surface area contributed by atoms with E-state index in [9.17, 15) is 4.79 Å². The maximum Gasteiger partial charge on any atom is 0.348 e. The lowest BCUT2D eigenvalue weighted by Gasteiger charge is -2.12. The van der Waals surface area contributed by atoms with E-state index in [0.717, 1.165) is 0 Å². The van der Waals surface area contributed by atoms with Crippen LogP contribution in [0.5, 0.6) is 11.5 Å². The third-order valence-corrected chi connectivity index (χ3v) is 2.24. The molecule has 2 N–H and O–H groups in total. The molecule has 0 saturated heterocycles. The predicted octanol–water partition coefficient (Wildman–Crippen LogP) is 1.39. The molecule has 0 unspecified atom stereocenters. The molecule has 1 aliphatic carbocycles. The maximum absolute atomic E-state index is 10.8. The van der Waals surface area contributed by atoms with Gasteiger partial charge in [-0.05, 0) is 24.3 Å². The number of carbonyl (C=O) groups is 1. The average Bonchev–Trinajstić information content (AvgIpc) is 2.90. The highest BCUT2D eigenvalue weighted by Gasteiger charge is 2.53. The third kappa shape index (κ3) is 1.51. The molecule has 1 aromatic rings. The molecule has 0 aliphatic heterocycles. The van der Waals surface area contributed by atoms with Crippen LogP contribution in [0.25, 0.3) is 0 Å². The Balaban J connectivity index is 2.11. The summed E-state index contributed by atoms with van der Waals surface area (Å²) in [5.41, 5.74) is -1.02. The van der Waals surface area contributed by atoms with Gasteiger partial charge in [-0.2, -0.15) is 0 Å². The first kappa shape index (κ1) is 8.87. The van der Waals surface area contributed by atoms with Crippen LogP contribution in [0.15, 0.2) is 24.3 Å². The fraction of sp³-hybridized carbons (Fsp3) is 0.300. The number of carboxylic acid groups (broad SMARTS) is 1. The van der Waals surface area contributed by atoms with Gasteiger partial charge in [-0.3, -0.25) is 0 Å². The summed E-state index contributed by atoms with van der Waals surface area (Å²) in [5, 5.41) is 17.9. The van der Waals surface area contributed by atoms with Crippen LogP contribution in [0, 0.1) is 0 Å². The molecule has 4 nitrogen and oxygen atoms in total. The Morgan fingerprint density at radius 1 is 1.29 bits per heavy atom. The summed E-state index contributed by atoms with van der Waals surface area (Å²) < 4.78 is 5.32. The summed E-state index contributed by atoms with van der Waals surface area (Å²) >= 11 is 0. The number of carboxylic acids is 1. The second-order valence-corrected chi connectivity index (χ2v) is 3.40. The van der Waals surface area contributed by atoms with E-state index >= 15 is 0 Å². The zero-order valence-corrected chi connectivity index (χ0v) is 7.43. The van der Waals surface area contributed by atoms with Crippen LogP contribution in [-0.4, -0.2) is 21.8 Å². The number of ether oxygens (including phenoxy) is 1. The summed E-state index contributed by atoms with van der Waals surface area (Å²) in [6.45, 7) is 0. The SMILES string of the molecule is O=C(O)C1(Oc2ccc(O)cc2)CC1. The quantitative estimate of drug-likeness (QED) is 0.763. The predicted molar refractivity (Wildman–Crippen MR) is 48.3 cm³/mol. The van der Waals surface area contributed by atoms with Crippen molar-refractivity contribution in [1.82, 2.24) is 0 Å². The lowest BCUT2D eigenvalue weighted by atomic mass is 10.3. The van der Waals surface area contributed by atoms with Gasteiger partial charge in [-0.1, -0.05) is 0 Å². The maximum atomic E-state index is 10.8. The lowest BCUT2D eigenvalue weighted by Crippen LogP contribution is -2.28. The number of rotatable bonds is 3. The van der Waals surface area contributed by atoms with Crippen LogP contribution in [0.3, 0.4) is 0 Å². The number of phenols is 1. The van der Waals surface area contributed by atoms with E-state index in [1.807, 2.05) is 0 Å². The topological polar surface area (TPSA) is 66.8 Å². The van der Waals surface area contributed by atoms with Gasteiger partial charge in [0.2, 0.25) is 5.60 Å². The Morgan fingerprint density at radius 2 is 1.86 bits per heavy atom. The Morgan fingerprint density at radius 3 is 2.29 bits per heavy atom. The van der Waals surface area contributed by atoms with Crippen molar-refractivity contribution in [2.45, 2.75) is 18.4 Å². The average molecular weight is 194 g/mol. The highest BCUT2D eigenvalue weighted by atomic mass is 16.5. The molecule has 0 heterocycles. The van der Waals surface area contributed by atoms with E-state index in [1.165, 1.54) is 12.1 Å². The van der Waals surface area contributed by atoms with Crippen LogP contribution in [0.2, 0.25) is 0 Å². The summed E-state index contributed by atoms with van der Waals surface area (Å²) in [6.07, 6.45) is 1.09. The minimum absolute atomic E-state index is 0.137. The monoisotopic (exact) mass is 194 g/mol. The molecule has 0 atom stereocenters. The number of benzene rings is 1. The molecule has 0 amide bonds. The number of phenolic OH excluding ortho intramolecular Hbond substituents is 1. The first-order valence-electron chi connectivity index (χ1n) is 4.34. The number of aromatic hydroxyl groups is 1. The molecule has 0 aromatic heterocycles. The van der Waals surface area contributed by atoms with Gasteiger partial charge in [0, 0.05) is 12.8 Å². The van der Waals surface area contributed by atoms with Crippen molar-refractivity contribution < 1.29 is 19.7 Å². The molecule has 2 rings (SSSR count). The van der Waals surface area contributed by atoms with Crippen molar-refractivity contribution in [3.8, 4) is 11.5 Å². The van der Waals surface area contributed by atoms with Crippen LogP contribution in [0.1, 0.15) is 12.8 Å². The van der Waals surface area contributed by atoms with Crippen molar-refractivity contribution in [3.63, 3.8) is 0 Å². The molecule has 0 spiro atoms. The summed E-state index contributed by atoms with van der Waals surface area (Å²) in [7, 11) is 0. The van der Waals surface area contributed by atoms with Crippen molar-refractivity contribution in [1.29, 1.82) is 0 Å². The Labute approximate surface area is 80.7 Å². The van der Waals surface area contributed by atoms with Crippen molar-refractivity contribution in [2.75, 3.05) is 0 Å². The number of aliphatic carboxylic acids is 1. The highest BCUT2D eigenvalue weighted by Crippen LogP contribution is 2.40. The summed E-state index contributed by atoms with van der Waals surface area (Å²) in [6, 6.07) is 6.04. The second-order valence-electron chi connectivity index (χ2n) is 3.40. The molecular weight excluding hydrogens is 184 g/mol. The van der Waals surface area contributed by atoms with E-state index < -0.39 is 11.6 Å². The van der Waals surface area contributed by atoms with Crippen molar-refractivity contribution >= 4 is 5.97 Å². The molecule has 0 radical (unpaired) electrons. The summed E-state index contributed by atoms with van der Waals surface area (Å²) in [5.74, 6) is -0.314. The molecule has 0 bridgehead atoms. The van der Waals surface area contributed by atoms with Gasteiger partial charge in [0.05, 0.1) is 0 Å². The van der Waals surface area contributed by atoms with E-state index in [4.69, 9.17) is 14.9 Å². The fourth-order valence-electron chi connectivity index (χ4n) is 1.21. The van der Waals surface area contributed by atoms with Gasteiger partial charge >= 0.3 is 5.97 Å². The molecule has 74 valence electrons. The minimum atomic E-state index is -1.02. The summed E-state index contributed by atoms with van der Waals surface area (Å²) in [4.78, 5) is 10.8. The zero-order valence-electron chi connectivity index (χ0n) is 7.43. The first-order chi connectivity index (χ1) is 6.62. The van der Waals surface area contributed by atoms with Gasteiger partial charge < -0.3 is 14.9 Å². The van der Waals surface area contributed by atoms with Crippen LogP contribution in [-0.2, 0) is 4.79 Å². The molecule has 4 heteroatoms. The van der Waals surface area contributed by atoms with Gasteiger partial charge in [0.1, 0.15) is 11.5 Å². The molecule has 14 heavy (non-hydrogen) atoms. The molecule has 1 saturated carbocycles. The Kier molecular flexibility index (Phi) is 1.84. The Hall–Kier alpha value is -1.71. The van der Waals surface area contributed by atoms with E-state index in [1.54, 1.807) is 12.1 Å².